The molecule has 0 aromatic heterocycles. The topological polar surface area (TPSA) is 70.5 Å². The number of ether oxygens (including phenoxy) is 2. The third-order valence-electron chi connectivity index (χ3n) is 4.57. The second-order valence-electron chi connectivity index (χ2n) is 7.23. The van der Waals surface area contributed by atoms with Gasteiger partial charge in [-0.1, -0.05) is 0 Å². The third-order valence-corrected chi connectivity index (χ3v) is 4.57. The number of hydrogen-bond donors (Lipinski definition) is 2. The van der Waals surface area contributed by atoms with E-state index in [1.165, 1.54) is 0 Å². The maximum Gasteiger partial charge on any atom is 0.420 e. The third kappa shape index (κ3) is 5.89. The van der Waals surface area contributed by atoms with Crippen molar-refractivity contribution in [3.05, 3.63) is 70.5 Å². The summed E-state index contributed by atoms with van der Waals surface area (Å²) in [5, 5.41) is 0. The van der Waals surface area contributed by atoms with E-state index >= 15 is 0 Å². The molecule has 0 aliphatic carbocycles. The number of nitrogens with two attached hydrogens (primary N) is 2. The number of rotatable bonds is 4. The normalized spacial score (nSPS) is 12.5. The van der Waals surface area contributed by atoms with Gasteiger partial charge in [-0.05, 0) is 30.3 Å². The molecule has 3 aromatic carbocycles. The van der Waals surface area contributed by atoms with E-state index in [1.807, 2.05) is 0 Å². The Hall–Kier alpha value is -3.98. The summed E-state index contributed by atoms with van der Waals surface area (Å²) < 4.78 is 171. The predicted molar refractivity (Wildman–Crippen MR) is 103 cm³/mol. The molecule has 16 heteroatoms. The molecular formula is C21H10F12N2O2. The van der Waals surface area contributed by atoms with Crippen LogP contribution in [0.3, 0.4) is 0 Å². The van der Waals surface area contributed by atoms with Gasteiger partial charge in [-0.2, -0.15) is 39.5 Å². The fourth-order valence-corrected chi connectivity index (χ4v) is 2.87. The van der Waals surface area contributed by atoms with Crippen LogP contribution in [0.15, 0.2) is 36.4 Å². The zero-order valence-electron chi connectivity index (χ0n) is 17.5. The molecule has 3 aromatic rings. The van der Waals surface area contributed by atoms with Crippen molar-refractivity contribution in [2.75, 3.05) is 11.5 Å². The summed E-state index contributed by atoms with van der Waals surface area (Å²) in [7, 11) is 0. The van der Waals surface area contributed by atoms with E-state index in [4.69, 9.17) is 11.5 Å². The quantitative estimate of drug-likeness (QED) is 0.256. The number of benzene rings is 3. The molecule has 0 aliphatic rings. The minimum atomic E-state index is -5.44. The Morgan fingerprint density at radius 2 is 0.892 bits per heavy atom. The molecule has 4 nitrogen and oxygen atoms in total. The lowest BCUT2D eigenvalue weighted by molar-refractivity contribution is -0.139. The Morgan fingerprint density at radius 1 is 0.486 bits per heavy atom. The Morgan fingerprint density at radius 3 is 1.27 bits per heavy atom. The average molecular weight is 550 g/mol. The van der Waals surface area contributed by atoms with E-state index in [9.17, 15) is 52.7 Å². The molecule has 0 saturated heterocycles. The summed E-state index contributed by atoms with van der Waals surface area (Å²) in [5.74, 6) is -11.0. The average Bonchev–Trinajstić information content (AvgIpc) is 2.74. The molecule has 0 spiro atoms. The first kappa shape index (κ1) is 27.6. The molecule has 0 saturated carbocycles. The smallest absolute Gasteiger partial charge is 0.420 e. The van der Waals surface area contributed by atoms with Gasteiger partial charge < -0.3 is 20.9 Å². The molecule has 0 radical (unpaired) electrons. The van der Waals surface area contributed by atoms with E-state index in [0.717, 1.165) is 0 Å². The molecule has 0 aliphatic heterocycles. The summed E-state index contributed by atoms with van der Waals surface area (Å²) in [5.41, 5.74) is 2.81. The molecule has 0 fully saturated rings. The molecule has 0 amide bonds. The Kier molecular flexibility index (Phi) is 6.83. The number of nitrogen functional groups attached to an aromatic ring is 2. The lowest BCUT2D eigenvalue weighted by Gasteiger charge is -2.18. The number of anilines is 2. The van der Waals surface area contributed by atoms with Crippen LogP contribution in [0.1, 0.15) is 16.7 Å². The molecule has 0 atom stereocenters. The van der Waals surface area contributed by atoms with Gasteiger partial charge in [0, 0.05) is 6.07 Å². The van der Waals surface area contributed by atoms with Crippen molar-refractivity contribution in [2.45, 2.75) is 18.5 Å². The number of alkyl halides is 9. The van der Waals surface area contributed by atoms with Gasteiger partial charge >= 0.3 is 18.5 Å². The van der Waals surface area contributed by atoms with Crippen LogP contribution in [0.5, 0.6) is 23.0 Å². The lowest BCUT2D eigenvalue weighted by atomic mass is 10.1. The first-order chi connectivity index (χ1) is 16.8. The van der Waals surface area contributed by atoms with Crippen LogP contribution in [0.25, 0.3) is 0 Å². The largest absolute Gasteiger partial charge is 0.453 e. The zero-order chi connectivity index (χ0) is 28.1. The second kappa shape index (κ2) is 9.15. The van der Waals surface area contributed by atoms with Crippen LogP contribution >= 0.6 is 0 Å². The number of hydrogen-bond acceptors (Lipinski definition) is 4. The Bertz CT molecular complexity index is 1350. The summed E-state index contributed by atoms with van der Waals surface area (Å²) in [6, 6.07) is -0.00862. The van der Waals surface area contributed by atoms with E-state index in [2.05, 4.69) is 9.47 Å². The second-order valence-corrected chi connectivity index (χ2v) is 7.23. The maximum atomic E-state index is 14.4. The van der Waals surface area contributed by atoms with Gasteiger partial charge in [0.05, 0.1) is 22.5 Å². The molecule has 4 N–H and O–H groups in total. The fraction of sp³-hybridized carbons (Fsp3) is 0.143. The Labute approximate surface area is 198 Å². The molecular weight excluding hydrogens is 540 g/mol. The van der Waals surface area contributed by atoms with Crippen molar-refractivity contribution in [3.63, 3.8) is 0 Å². The van der Waals surface area contributed by atoms with Crippen molar-refractivity contribution >= 4 is 11.4 Å². The van der Waals surface area contributed by atoms with Gasteiger partial charge in [-0.15, -0.1) is 0 Å². The minimum Gasteiger partial charge on any atom is -0.453 e. The van der Waals surface area contributed by atoms with E-state index in [1.54, 1.807) is 0 Å². The van der Waals surface area contributed by atoms with Crippen molar-refractivity contribution in [3.8, 4) is 23.0 Å². The highest BCUT2D eigenvalue weighted by Gasteiger charge is 2.38. The van der Waals surface area contributed by atoms with Crippen molar-refractivity contribution in [1.82, 2.24) is 0 Å². The predicted octanol–water partition coefficient (Wildman–Crippen LogP) is 7.91. The van der Waals surface area contributed by atoms with Crippen molar-refractivity contribution in [2.24, 2.45) is 0 Å². The van der Waals surface area contributed by atoms with Crippen LogP contribution in [-0.2, 0) is 18.5 Å². The standard InChI is InChI=1S/C21H10F12N2O2/c22-10-5-9(21(31,32)33)13(36-15-3-7(19(25,26)27)1-11(34)17(15)23)6-14(10)37-16-4-8(20(28,29)30)2-12(35)18(16)24/h1-6H,34-35H2. The molecule has 0 bridgehead atoms. The fourth-order valence-electron chi connectivity index (χ4n) is 2.87. The van der Waals surface area contributed by atoms with E-state index in [0.29, 0.717) is 0 Å². The summed E-state index contributed by atoms with van der Waals surface area (Å²) >= 11 is 0. The van der Waals surface area contributed by atoms with Crippen molar-refractivity contribution in [1.29, 1.82) is 0 Å². The first-order valence-corrected chi connectivity index (χ1v) is 9.38. The van der Waals surface area contributed by atoms with Gasteiger partial charge in [-0.3, -0.25) is 0 Å². The van der Waals surface area contributed by atoms with Crippen molar-refractivity contribution < 1.29 is 62.2 Å². The highest BCUT2D eigenvalue weighted by molar-refractivity contribution is 5.55. The van der Waals surface area contributed by atoms with Crippen LogP contribution in [0, 0.1) is 17.5 Å². The van der Waals surface area contributed by atoms with Gasteiger partial charge in [0.2, 0.25) is 0 Å². The maximum absolute atomic E-state index is 14.4. The van der Waals surface area contributed by atoms with E-state index in [-0.39, 0.29) is 36.4 Å². The molecule has 37 heavy (non-hydrogen) atoms. The van der Waals surface area contributed by atoms with Gasteiger partial charge in [-0.25, -0.2) is 13.2 Å². The SMILES string of the molecule is Nc1cc(C(F)(F)F)cc(Oc2cc(Oc3cc(C(F)(F)F)cc(N)c3F)c(C(F)(F)F)cc2F)c1F. The molecule has 0 heterocycles. The first-order valence-electron chi connectivity index (χ1n) is 9.38. The van der Waals surface area contributed by atoms with Crippen LogP contribution in [-0.4, -0.2) is 0 Å². The van der Waals surface area contributed by atoms with Gasteiger partial charge in [0.1, 0.15) is 11.3 Å². The highest BCUT2D eigenvalue weighted by atomic mass is 19.4. The van der Waals surface area contributed by atoms with Crippen LogP contribution in [0.4, 0.5) is 64.1 Å². The molecule has 200 valence electrons. The monoisotopic (exact) mass is 550 g/mol. The van der Waals surface area contributed by atoms with E-state index < -0.39 is 87.0 Å². The lowest BCUT2D eigenvalue weighted by Crippen LogP contribution is -2.11. The zero-order valence-corrected chi connectivity index (χ0v) is 17.5. The summed E-state index contributed by atoms with van der Waals surface area (Å²) in [4.78, 5) is 0. The molecule has 3 rings (SSSR count). The summed E-state index contributed by atoms with van der Waals surface area (Å²) in [6.07, 6.45) is -15.7. The number of halogens is 12. The highest BCUT2D eigenvalue weighted by Crippen LogP contribution is 2.45. The minimum absolute atomic E-state index is 0.0178. The molecule has 0 unspecified atom stereocenters. The van der Waals surface area contributed by atoms with Crippen LogP contribution in [0.2, 0.25) is 0 Å². The van der Waals surface area contributed by atoms with Gasteiger partial charge in [0.25, 0.3) is 0 Å². The van der Waals surface area contributed by atoms with Crippen LogP contribution < -0.4 is 20.9 Å². The summed E-state index contributed by atoms with van der Waals surface area (Å²) in [6.45, 7) is 0. The van der Waals surface area contributed by atoms with Gasteiger partial charge in [0.15, 0.2) is 34.7 Å². The Balaban J connectivity index is 2.16.